The van der Waals surface area contributed by atoms with Crippen molar-refractivity contribution in [2.45, 2.75) is 40.0 Å². The van der Waals surface area contributed by atoms with Crippen LogP contribution in [0, 0.1) is 5.41 Å². The molecular weight excluding hydrogens is 176 g/mol. The second-order valence-electron chi connectivity index (χ2n) is 5.00. The van der Waals surface area contributed by atoms with E-state index in [1.165, 1.54) is 0 Å². The van der Waals surface area contributed by atoms with Crippen molar-refractivity contribution in [3.05, 3.63) is 23.5 Å². The molecule has 0 atom stereocenters. The molecule has 0 saturated heterocycles. The molecule has 1 aliphatic rings. The largest absolute Gasteiger partial charge is 0.512 e. The lowest BCUT2D eigenvalue weighted by Crippen LogP contribution is -2.25. The topological polar surface area (TPSA) is 37.3 Å². The number of carbonyl (C=O) groups excluding carboxylic acids is 1. The summed E-state index contributed by atoms with van der Waals surface area (Å²) in [6.45, 7) is 9.62. The van der Waals surface area contributed by atoms with Gasteiger partial charge in [0.15, 0.2) is 5.78 Å². The first-order chi connectivity index (χ1) is 6.32. The van der Waals surface area contributed by atoms with Gasteiger partial charge in [-0.3, -0.25) is 4.79 Å². The summed E-state index contributed by atoms with van der Waals surface area (Å²) in [4.78, 5) is 11.7. The molecule has 1 aliphatic carbocycles. The average Bonchev–Trinajstić information content (AvgIpc) is 1.94. The second-order valence-corrected chi connectivity index (χ2v) is 5.00. The monoisotopic (exact) mass is 194 g/mol. The van der Waals surface area contributed by atoms with Gasteiger partial charge in [0.2, 0.25) is 0 Å². The molecule has 1 N–H and O–H groups in total. The maximum atomic E-state index is 11.7. The summed E-state index contributed by atoms with van der Waals surface area (Å²) in [7, 11) is 0. The molecule has 0 amide bonds. The van der Waals surface area contributed by atoms with E-state index in [2.05, 4.69) is 6.58 Å². The first-order valence-corrected chi connectivity index (χ1v) is 4.90. The van der Waals surface area contributed by atoms with Gasteiger partial charge < -0.3 is 5.11 Å². The second kappa shape index (κ2) is 3.60. The molecule has 0 aromatic rings. The number of aliphatic hydroxyl groups excluding tert-OH is 1. The summed E-state index contributed by atoms with van der Waals surface area (Å²) >= 11 is 0. The normalized spacial score (nSPS) is 21.2. The molecule has 1 rings (SSSR count). The van der Waals surface area contributed by atoms with E-state index in [9.17, 15) is 9.90 Å². The fourth-order valence-corrected chi connectivity index (χ4v) is 1.83. The van der Waals surface area contributed by atoms with Gasteiger partial charge in [-0.05, 0) is 18.8 Å². The van der Waals surface area contributed by atoms with Crippen LogP contribution in [0.1, 0.15) is 40.0 Å². The van der Waals surface area contributed by atoms with Gasteiger partial charge >= 0.3 is 0 Å². The molecular formula is C12H18O2. The van der Waals surface area contributed by atoms with Crippen molar-refractivity contribution in [3.63, 3.8) is 0 Å². The van der Waals surface area contributed by atoms with Gasteiger partial charge in [0.1, 0.15) is 0 Å². The number of hydrogen-bond donors (Lipinski definition) is 1. The lowest BCUT2D eigenvalue weighted by Gasteiger charge is -2.29. The third-order valence-electron chi connectivity index (χ3n) is 2.45. The highest BCUT2D eigenvalue weighted by atomic mass is 16.3. The van der Waals surface area contributed by atoms with E-state index in [0.29, 0.717) is 24.8 Å². The predicted octanol–water partition coefficient (Wildman–Crippen LogP) is 3.15. The summed E-state index contributed by atoms with van der Waals surface area (Å²) in [5.74, 6) is 0.330. The zero-order valence-electron chi connectivity index (χ0n) is 9.18. The van der Waals surface area contributed by atoms with Crippen molar-refractivity contribution < 1.29 is 9.90 Å². The van der Waals surface area contributed by atoms with Crippen molar-refractivity contribution in [2.75, 3.05) is 0 Å². The van der Waals surface area contributed by atoms with Crippen LogP contribution in [0.5, 0.6) is 0 Å². The first-order valence-electron chi connectivity index (χ1n) is 4.90. The van der Waals surface area contributed by atoms with E-state index in [-0.39, 0.29) is 17.0 Å². The maximum absolute atomic E-state index is 11.7. The summed E-state index contributed by atoms with van der Waals surface area (Å²) in [6, 6.07) is 0. The molecule has 0 spiro atoms. The Balaban J connectivity index is 2.93. The van der Waals surface area contributed by atoms with Gasteiger partial charge in [-0.2, -0.15) is 0 Å². The van der Waals surface area contributed by atoms with Gasteiger partial charge in [0.05, 0.1) is 5.76 Å². The molecule has 0 saturated carbocycles. The molecule has 14 heavy (non-hydrogen) atoms. The number of allylic oxidation sites excluding steroid dienone is 3. The van der Waals surface area contributed by atoms with E-state index in [1.807, 2.05) is 20.8 Å². The van der Waals surface area contributed by atoms with Gasteiger partial charge in [0.25, 0.3) is 0 Å². The standard InChI is InChI=1S/C12H18O2/c1-8(2)5-9-10(13)6-12(3,4)7-11(9)14/h13H,1,5-7H2,2-4H3. The highest BCUT2D eigenvalue weighted by Crippen LogP contribution is 2.37. The van der Waals surface area contributed by atoms with Crippen LogP contribution in [0.2, 0.25) is 0 Å². The zero-order chi connectivity index (χ0) is 10.9. The highest BCUT2D eigenvalue weighted by Gasteiger charge is 2.32. The van der Waals surface area contributed by atoms with Gasteiger partial charge in [0, 0.05) is 18.4 Å². The predicted molar refractivity (Wildman–Crippen MR) is 57.1 cm³/mol. The molecule has 0 aromatic heterocycles. The smallest absolute Gasteiger partial charge is 0.163 e. The third kappa shape index (κ3) is 2.47. The quantitative estimate of drug-likeness (QED) is 0.685. The van der Waals surface area contributed by atoms with Gasteiger partial charge in [-0.25, -0.2) is 0 Å². The van der Waals surface area contributed by atoms with E-state index >= 15 is 0 Å². The van der Waals surface area contributed by atoms with Crippen LogP contribution in [-0.4, -0.2) is 10.9 Å². The Labute approximate surface area is 85.3 Å². The van der Waals surface area contributed by atoms with E-state index in [4.69, 9.17) is 0 Å². The number of carbonyl (C=O) groups is 1. The minimum atomic E-state index is -0.0975. The van der Waals surface area contributed by atoms with Crippen molar-refractivity contribution in [1.29, 1.82) is 0 Å². The molecule has 78 valence electrons. The minimum absolute atomic E-state index is 0.0711. The van der Waals surface area contributed by atoms with Crippen molar-refractivity contribution in [2.24, 2.45) is 5.41 Å². The summed E-state index contributed by atoms with van der Waals surface area (Å²) < 4.78 is 0. The Hall–Kier alpha value is -1.05. The number of rotatable bonds is 2. The lowest BCUT2D eigenvalue weighted by atomic mass is 9.75. The Kier molecular flexibility index (Phi) is 2.84. The van der Waals surface area contributed by atoms with Crippen LogP contribution < -0.4 is 0 Å². The molecule has 0 fully saturated rings. The van der Waals surface area contributed by atoms with Crippen molar-refractivity contribution in [1.82, 2.24) is 0 Å². The molecule has 2 heteroatoms. The lowest BCUT2D eigenvalue weighted by molar-refractivity contribution is -0.118. The third-order valence-corrected chi connectivity index (χ3v) is 2.45. The molecule has 0 unspecified atom stereocenters. The molecule has 0 radical (unpaired) electrons. The summed E-state index contributed by atoms with van der Waals surface area (Å²) in [6.07, 6.45) is 1.64. The molecule has 0 bridgehead atoms. The number of aliphatic hydroxyl groups is 1. The minimum Gasteiger partial charge on any atom is -0.512 e. The average molecular weight is 194 g/mol. The summed E-state index contributed by atoms with van der Waals surface area (Å²) in [5.41, 5.74) is 1.39. The molecule has 2 nitrogen and oxygen atoms in total. The van der Waals surface area contributed by atoms with Crippen LogP contribution in [0.3, 0.4) is 0 Å². The Bertz CT molecular complexity index is 308. The van der Waals surface area contributed by atoms with E-state index < -0.39 is 0 Å². The fourth-order valence-electron chi connectivity index (χ4n) is 1.83. The first kappa shape index (κ1) is 11.0. The Morgan fingerprint density at radius 2 is 2.07 bits per heavy atom. The molecule has 0 aromatic carbocycles. The highest BCUT2D eigenvalue weighted by molar-refractivity contribution is 5.97. The van der Waals surface area contributed by atoms with Gasteiger partial charge in [-0.1, -0.05) is 26.0 Å². The number of Topliss-reactive ketones (excluding diaryl/α,β-unsaturated/α-hetero) is 1. The molecule has 0 aliphatic heterocycles. The van der Waals surface area contributed by atoms with Crippen LogP contribution in [0.25, 0.3) is 0 Å². The number of hydrogen-bond acceptors (Lipinski definition) is 2. The number of ketones is 1. The zero-order valence-corrected chi connectivity index (χ0v) is 9.18. The summed E-state index contributed by atoms with van der Waals surface area (Å²) in [5, 5.41) is 9.74. The Morgan fingerprint density at radius 3 is 2.50 bits per heavy atom. The van der Waals surface area contributed by atoms with Crippen molar-refractivity contribution in [3.8, 4) is 0 Å². The van der Waals surface area contributed by atoms with E-state index in [0.717, 1.165) is 5.57 Å². The Morgan fingerprint density at radius 1 is 1.50 bits per heavy atom. The van der Waals surface area contributed by atoms with Crippen LogP contribution >= 0.6 is 0 Å². The van der Waals surface area contributed by atoms with Gasteiger partial charge in [-0.15, -0.1) is 0 Å². The van der Waals surface area contributed by atoms with Crippen molar-refractivity contribution >= 4 is 5.78 Å². The SMILES string of the molecule is C=C(C)CC1=C(O)CC(C)(C)CC1=O. The molecule has 0 heterocycles. The van der Waals surface area contributed by atoms with Crippen LogP contribution in [0.15, 0.2) is 23.5 Å². The fraction of sp³-hybridized carbons (Fsp3) is 0.583. The van der Waals surface area contributed by atoms with Crippen LogP contribution in [-0.2, 0) is 4.79 Å². The van der Waals surface area contributed by atoms with E-state index in [1.54, 1.807) is 0 Å². The maximum Gasteiger partial charge on any atom is 0.163 e. The van der Waals surface area contributed by atoms with Crippen LogP contribution in [0.4, 0.5) is 0 Å².